The lowest BCUT2D eigenvalue weighted by molar-refractivity contribution is 0.388. The largest absolute Gasteiger partial charge is 0.383 e. The molecule has 7 heteroatoms. The molecule has 7 nitrogen and oxygen atoms in total. The predicted octanol–water partition coefficient (Wildman–Crippen LogP) is 3.05. The van der Waals surface area contributed by atoms with Gasteiger partial charge in [-0.1, -0.05) is 12.1 Å². The molecular formula is C17H16N6O. The highest BCUT2D eigenvalue weighted by atomic mass is 16.5. The van der Waals surface area contributed by atoms with Crippen LogP contribution in [0.1, 0.15) is 5.56 Å². The molecule has 120 valence electrons. The zero-order chi connectivity index (χ0) is 16.8. The molecule has 0 aliphatic heterocycles. The maximum atomic E-state index is 9.30. The summed E-state index contributed by atoms with van der Waals surface area (Å²) in [6, 6.07) is 9.68. The Morgan fingerprint density at radius 2 is 1.96 bits per heavy atom. The number of nitrogens with one attached hydrogen (secondary N) is 2. The van der Waals surface area contributed by atoms with E-state index in [0.717, 1.165) is 33.0 Å². The van der Waals surface area contributed by atoms with Crippen molar-refractivity contribution in [3.05, 3.63) is 42.1 Å². The summed E-state index contributed by atoms with van der Waals surface area (Å²) in [7, 11) is 0. The number of nitrogens with two attached hydrogens (primary N) is 2. The van der Waals surface area contributed by atoms with Crippen LogP contribution in [0.4, 0.5) is 17.5 Å². The molecule has 0 amide bonds. The molecule has 2 aromatic heterocycles. The SMILES string of the molecule is Cc1ccc(-c2cc3nc(N)nc(N)c3c3cc[nH]c23)cc1NO. The Morgan fingerprint density at radius 3 is 2.75 bits per heavy atom. The van der Waals surface area contributed by atoms with Crippen molar-refractivity contribution in [2.24, 2.45) is 0 Å². The van der Waals surface area contributed by atoms with Crippen molar-refractivity contribution in [1.82, 2.24) is 15.0 Å². The minimum absolute atomic E-state index is 0.141. The fourth-order valence-electron chi connectivity index (χ4n) is 3.04. The number of aromatic amines is 1. The van der Waals surface area contributed by atoms with E-state index < -0.39 is 0 Å². The lowest BCUT2D eigenvalue weighted by Gasteiger charge is -2.11. The minimum atomic E-state index is 0.141. The lowest BCUT2D eigenvalue weighted by Crippen LogP contribution is -2.01. The highest BCUT2D eigenvalue weighted by molar-refractivity contribution is 6.15. The van der Waals surface area contributed by atoms with Gasteiger partial charge in [0, 0.05) is 17.1 Å². The van der Waals surface area contributed by atoms with Gasteiger partial charge in [-0.15, -0.1) is 0 Å². The summed E-state index contributed by atoms with van der Waals surface area (Å²) in [6.45, 7) is 1.92. The van der Waals surface area contributed by atoms with Gasteiger partial charge in [0.15, 0.2) is 0 Å². The Hall–Kier alpha value is -3.32. The Balaban J connectivity index is 2.10. The summed E-state index contributed by atoms with van der Waals surface area (Å²) >= 11 is 0. The summed E-state index contributed by atoms with van der Waals surface area (Å²) in [5, 5.41) is 11.0. The Labute approximate surface area is 137 Å². The van der Waals surface area contributed by atoms with Crippen LogP contribution >= 0.6 is 0 Å². The Morgan fingerprint density at radius 1 is 1.12 bits per heavy atom. The number of aromatic nitrogens is 3. The van der Waals surface area contributed by atoms with Gasteiger partial charge >= 0.3 is 0 Å². The zero-order valence-electron chi connectivity index (χ0n) is 13.0. The summed E-state index contributed by atoms with van der Waals surface area (Å²) in [4.78, 5) is 11.6. The van der Waals surface area contributed by atoms with Gasteiger partial charge in [0.2, 0.25) is 5.95 Å². The second kappa shape index (κ2) is 5.10. The average Bonchev–Trinajstić information content (AvgIpc) is 3.03. The van der Waals surface area contributed by atoms with Crippen molar-refractivity contribution in [2.45, 2.75) is 6.92 Å². The van der Waals surface area contributed by atoms with Gasteiger partial charge in [0.1, 0.15) is 5.82 Å². The maximum Gasteiger partial charge on any atom is 0.222 e. The fourth-order valence-corrected chi connectivity index (χ4v) is 3.04. The molecule has 0 saturated carbocycles. The highest BCUT2D eigenvalue weighted by Crippen LogP contribution is 2.36. The van der Waals surface area contributed by atoms with Crippen molar-refractivity contribution in [2.75, 3.05) is 16.9 Å². The van der Waals surface area contributed by atoms with Gasteiger partial charge in [-0.2, -0.15) is 4.98 Å². The van der Waals surface area contributed by atoms with E-state index in [1.807, 2.05) is 43.5 Å². The van der Waals surface area contributed by atoms with Crippen LogP contribution in [0.5, 0.6) is 0 Å². The molecule has 0 saturated heterocycles. The van der Waals surface area contributed by atoms with Crippen molar-refractivity contribution < 1.29 is 5.21 Å². The second-order valence-electron chi connectivity index (χ2n) is 5.69. The highest BCUT2D eigenvalue weighted by Gasteiger charge is 2.14. The first-order valence-electron chi connectivity index (χ1n) is 7.42. The van der Waals surface area contributed by atoms with Crippen LogP contribution in [0, 0.1) is 6.92 Å². The van der Waals surface area contributed by atoms with Gasteiger partial charge in [0.05, 0.1) is 22.1 Å². The number of rotatable bonds is 2. The molecule has 0 radical (unpaired) electrons. The first-order chi connectivity index (χ1) is 11.6. The molecule has 0 unspecified atom stereocenters. The molecule has 2 aromatic carbocycles. The molecule has 0 aliphatic rings. The standard InChI is InChI=1S/C17H16N6O/c1-8-2-3-9(6-12(8)23-24)11-7-13-14(10-4-5-20-15(10)11)16(18)22-17(19)21-13/h2-7,20,23-24H,1H3,(H4,18,19,21,22). The van der Waals surface area contributed by atoms with Gasteiger partial charge < -0.3 is 16.5 Å². The monoisotopic (exact) mass is 320 g/mol. The number of anilines is 3. The summed E-state index contributed by atoms with van der Waals surface area (Å²) in [5.74, 6) is 0.498. The van der Waals surface area contributed by atoms with E-state index in [1.165, 1.54) is 0 Å². The smallest absolute Gasteiger partial charge is 0.222 e. The van der Waals surface area contributed by atoms with E-state index in [1.54, 1.807) is 0 Å². The average molecular weight is 320 g/mol. The minimum Gasteiger partial charge on any atom is -0.383 e. The van der Waals surface area contributed by atoms with E-state index in [4.69, 9.17) is 11.5 Å². The molecule has 4 aromatic rings. The number of hydrogen-bond acceptors (Lipinski definition) is 6. The topological polar surface area (TPSA) is 126 Å². The fraction of sp³-hybridized carbons (Fsp3) is 0.0588. The number of aryl methyl sites for hydroxylation is 1. The quantitative estimate of drug-likeness (QED) is 0.361. The first-order valence-corrected chi connectivity index (χ1v) is 7.42. The zero-order valence-corrected chi connectivity index (χ0v) is 13.0. The van der Waals surface area contributed by atoms with Crippen LogP contribution < -0.4 is 16.9 Å². The Bertz CT molecular complexity index is 1090. The predicted molar refractivity (Wildman–Crippen MR) is 95.8 cm³/mol. The van der Waals surface area contributed by atoms with Crippen LogP contribution in [0.15, 0.2) is 36.5 Å². The van der Waals surface area contributed by atoms with Crippen molar-refractivity contribution >= 4 is 39.3 Å². The molecule has 0 bridgehead atoms. The molecule has 2 heterocycles. The van der Waals surface area contributed by atoms with Gasteiger partial charge in [-0.05, 0) is 36.2 Å². The van der Waals surface area contributed by atoms with Crippen molar-refractivity contribution in [3.8, 4) is 11.1 Å². The summed E-state index contributed by atoms with van der Waals surface area (Å²) in [5.41, 5.74) is 19.1. The third kappa shape index (κ3) is 2.03. The first kappa shape index (κ1) is 14.3. The van der Waals surface area contributed by atoms with Crippen molar-refractivity contribution in [3.63, 3.8) is 0 Å². The van der Waals surface area contributed by atoms with Crippen LogP contribution in [0.25, 0.3) is 32.9 Å². The van der Waals surface area contributed by atoms with Crippen LogP contribution in [0.2, 0.25) is 0 Å². The van der Waals surface area contributed by atoms with E-state index >= 15 is 0 Å². The maximum absolute atomic E-state index is 9.30. The van der Waals surface area contributed by atoms with Gasteiger partial charge in [-0.25, -0.2) is 4.98 Å². The molecule has 7 N–H and O–H groups in total. The van der Waals surface area contributed by atoms with E-state index in [0.29, 0.717) is 17.0 Å². The number of hydrogen-bond donors (Lipinski definition) is 5. The molecule has 0 spiro atoms. The third-order valence-corrected chi connectivity index (χ3v) is 4.22. The molecule has 24 heavy (non-hydrogen) atoms. The molecular weight excluding hydrogens is 304 g/mol. The number of benzene rings is 2. The summed E-state index contributed by atoms with van der Waals surface area (Å²) in [6.07, 6.45) is 1.85. The van der Waals surface area contributed by atoms with Crippen molar-refractivity contribution in [1.29, 1.82) is 0 Å². The summed E-state index contributed by atoms with van der Waals surface area (Å²) < 4.78 is 0. The molecule has 0 fully saturated rings. The van der Waals surface area contributed by atoms with E-state index in [-0.39, 0.29) is 5.95 Å². The normalized spacial score (nSPS) is 11.2. The number of fused-ring (bicyclic) bond motifs is 3. The number of H-pyrrole nitrogens is 1. The lowest BCUT2D eigenvalue weighted by atomic mass is 9.98. The van der Waals surface area contributed by atoms with Crippen LogP contribution in [0.3, 0.4) is 0 Å². The second-order valence-corrected chi connectivity index (χ2v) is 5.69. The van der Waals surface area contributed by atoms with Crippen LogP contribution in [-0.4, -0.2) is 20.2 Å². The van der Waals surface area contributed by atoms with E-state index in [9.17, 15) is 5.21 Å². The Kier molecular flexibility index (Phi) is 3.04. The number of nitrogen functional groups attached to an aromatic ring is 2. The molecule has 0 atom stereocenters. The number of nitrogens with zero attached hydrogens (tertiary/aromatic N) is 2. The third-order valence-electron chi connectivity index (χ3n) is 4.22. The van der Waals surface area contributed by atoms with Gasteiger partial charge in [0.25, 0.3) is 0 Å². The van der Waals surface area contributed by atoms with E-state index in [2.05, 4.69) is 20.4 Å². The van der Waals surface area contributed by atoms with Crippen LogP contribution in [-0.2, 0) is 0 Å². The van der Waals surface area contributed by atoms with Gasteiger partial charge in [-0.3, -0.25) is 10.7 Å². The molecule has 4 rings (SSSR count). The molecule has 0 aliphatic carbocycles.